The molecule has 0 aromatic heterocycles. The van der Waals surface area contributed by atoms with Crippen LogP contribution in [0.5, 0.6) is 5.75 Å². The Balaban J connectivity index is 1.66. The molecule has 1 amide bonds. The second-order valence-electron chi connectivity index (χ2n) is 7.32. The quantitative estimate of drug-likeness (QED) is 0.404. The average Bonchev–Trinajstić information content (AvgIpc) is 2.72. The fraction of sp³-hybridized carbons (Fsp3) is 0.130. The fourth-order valence-electron chi connectivity index (χ4n) is 3.70. The number of likely N-dealkylation sites (tertiary alicyclic amines) is 1. The molecule has 2 aliphatic rings. The molecule has 5 nitrogen and oxygen atoms in total. The second kappa shape index (κ2) is 8.24. The van der Waals surface area contributed by atoms with Gasteiger partial charge in [0.05, 0.1) is 16.1 Å². The number of fused-ring (bicyclic) bond motifs is 1. The van der Waals surface area contributed by atoms with Crippen LogP contribution in [0.4, 0.5) is 4.39 Å². The maximum absolute atomic E-state index is 15.4. The zero-order chi connectivity index (χ0) is 22.3. The summed E-state index contributed by atoms with van der Waals surface area (Å²) in [7, 11) is 0. The molecule has 0 spiro atoms. The highest BCUT2D eigenvalue weighted by Crippen LogP contribution is 2.41. The number of nitrogens with one attached hydrogen (secondary N) is 2. The fourth-order valence-corrected chi connectivity index (χ4v) is 4.36. The van der Waals surface area contributed by atoms with Crippen LogP contribution in [0.2, 0.25) is 0 Å². The van der Waals surface area contributed by atoms with Crippen LogP contribution in [0, 0.1) is 5.41 Å². The Hall–Kier alpha value is -3.03. The van der Waals surface area contributed by atoms with Crippen LogP contribution in [0.25, 0.3) is 16.3 Å². The number of aromatic hydroxyl groups is 1. The van der Waals surface area contributed by atoms with Gasteiger partial charge in [0.1, 0.15) is 11.5 Å². The lowest BCUT2D eigenvalue weighted by Gasteiger charge is -2.39. The molecule has 1 heterocycles. The van der Waals surface area contributed by atoms with Crippen LogP contribution in [-0.2, 0) is 4.79 Å². The Morgan fingerprint density at radius 2 is 2.06 bits per heavy atom. The van der Waals surface area contributed by atoms with Crippen molar-refractivity contribution in [2.75, 3.05) is 13.1 Å². The van der Waals surface area contributed by atoms with Crippen LogP contribution in [0.3, 0.4) is 0 Å². The van der Waals surface area contributed by atoms with Gasteiger partial charge in [0.25, 0.3) is 0 Å². The molecule has 31 heavy (non-hydrogen) atoms. The van der Waals surface area contributed by atoms with E-state index < -0.39 is 5.83 Å². The van der Waals surface area contributed by atoms with Gasteiger partial charge < -0.3 is 15.3 Å². The molecule has 158 valence electrons. The lowest BCUT2D eigenvalue weighted by molar-refractivity contribution is -0.130. The highest BCUT2D eigenvalue weighted by Gasteiger charge is 2.31. The zero-order valence-electron chi connectivity index (χ0n) is 16.3. The zero-order valence-corrected chi connectivity index (χ0v) is 18.0. The third-order valence-electron chi connectivity index (χ3n) is 5.30. The Kier molecular flexibility index (Phi) is 5.64. The van der Waals surface area contributed by atoms with E-state index in [0.717, 1.165) is 5.39 Å². The lowest BCUT2D eigenvalue weighted by atomic mass is 9.91. The number of rotatable bonds is 4. The number of allylic oxidation sites excluding steroid dienone is 5. The molecule has 2 aromatic rings. The molecule has 4 rings (SSSR count). The van der Waals surface area contributed by atoms with Gasteiger partial charge in [0, 0.05) is 24.2 Å². The molecule has 0 saturated carbocycles. The number of amides is 1. The van der Waals surface area contributed by atoms with Crippen LogP contribution < -0.4 is 5.32 Å². The molecular weight excluding hydrogens is 437 g/mol. The highest BCUT2D eigenvalue weighted by molar-refractivity contribution is 7.84. The summed E-state index contributed by atoms with van der Waals surface area (Å²) >= 11 is 10.9. The molecule has 1 fully saturated rings. The number of carbonyl (C=O) groups is 1. The SMILES string of the molecule is C=CC(=O)N1CC(N/C(S)=C2\C=C(Cl)C(c3cc(O)cc4ccccc34)=C(F)C2=N)C1. The number of hydrogen-bond donors (Lipinski definition) is 4. The van der Waals surface area contributed by atoms with E-state index in [1.807, 2.05) is 24.3 Å². The van der Waals surface area contributed by atoms with Crippen LogP contribution in [0.15, 0.2) is 76.6 Å². The maximum atomic E-state index is 15.4. The number of benzene rings is 2. The van der Waals surface area contributed by atoms with Gasteiger partial charge in [-0.05, 0) is 40.6 Å². The van der Waals surface area contributed by atoms with Crippen molar-refractivity contribution in [2.45, 2.75) is 6.04 Å². The Morgan fingerprint density at radius 3 is 2.77 bits per heavy atom. The first-order chi connectivity index (χ1) is 14.8. The van der Waals surface area contributed by atoms with E-state index in [2.05, 4.69) is 24.5 Å². The molecule has 1 saturated heterocycles. The third-order valence-corrected chi connectivity index (χ3v) is 5.97. The van der Waals surface area contributed by atoms with Crippen LogP contribution in [0.1, 0.15) is 5.56 Å². The molecule has 1 aliphatic carbocycles. The van der Waals surface area contributed by atoms with Crippen LogP contribution in [-0.4, -0.2) is 40.8 Å². The molecule has 0 unspecified atom stereocenters. The van der Waals surface area contributed by atoms with Crippen molar-refractivity contribution < 1.29 is 14.3 Å². The summed E-state index contributed by atoms with van der Waals surface area (Å²) in [5.41, 5.74) is 0.314. The van der Waals surface area contributed by atoms with E-state index in [4.69, 9.17) is 17.0 Å². The predicted octanol–water partition coefficient (Wildman–Crippen LogP) is 4.51. The van der Waals surface area contributed by atoms with Crippen molar-refractivity contribution in [2.24, 2.45) is 0 Å². The van der Waals surface area contributed by atoms with E-state index >= 15 is 4.39 Å². The van der Waals surface area contributed by atoms with Crippen LogP contribution >= 0.6 is 24.2 Å². The van der Waals surface area contributed by atoms with Gasteiger partial charge in [-0.25, -0.2) is 4.39 Å². The van der Waals surface area contributed by atoms with Crippen molar-refractivity contribution in [3.63, 3.8) is 0 Å². The molecule has 0 radical (unpaired) electrons. The van der Waals surface area contributed by atoms with Gasteiger partial charge in [-0.1, -0.05) is 42.4 Å². The predicted molar refractivity (Wildman–Crippen MR) is 125 cm³/mol. The van der Waals surface area contributed by atoms with Gasteiger partial charge in [0.2, 0.25) is 5.91 Å². The normalized spacial score (nSPS) is 18.6. The third kappa shape index (κ3) is 3.86. The van der Waals surface area contributed by atoms with Gasteiger partial charge in [-0.15, -0.1) is 12.6 Å². The van der Waals surface area contributed by atoms with Crippen molar-refractivity contribution in [3.05, 3.63) is 82.2 Å². The summed E-state index contributed by atoms with van der Waals surface area (Å²) in [6, 6.07) is 10.2. The molecule has 2 aromatic carbocycles. The van der Waals surface area contributed by atoms with E-state index in [1.54, 1.807) is 11.0 Å². The molecule has 1 aliphatic heterocycles. The number of carbonyl (C=O) groups excluding carboxylic acids is 1. The Morgan fingerprint density at radius 1 is 1.35 bits per heavy atom. The smallest absolute Gasteiger partial charge is 0.246 e. The first-order valence-electron chi connectivity index (χ1n) is 9.50. The Labute approximate surface area is 189 Å². The first kappa shape index (κ1) is 21.2. The average molecular weight is 456 g/mol. The number of hydrogen-bond acceptors (Lipinski definition) is 5. The number of halogens is 2. The van der Waals surface area contributed by atoms with Gasteiger partial charge in [-0.2, -0.15) is 0 Å². The first-order valence-corrected chi connectivity index (χ1v) is 10.3. The second-order valence-corrected chi connectivity index (χ2v) is 8.18. The van der Waals surface area contributed by atoms with Crippen molar-refractivity contribution in [1.82, 2.24) is 10.2 Å². The van der Waals surface area contributed by atoms with E-state index in [-0.39, 0.29) is 39.6 Å². The van der Waals surface area contributed by atoms with E-state index in [1.165, 1.54) is 18.2 Å². The van der Waals surface area contributed by atoms with E-state index in [9.17, 15) is 9.90 Å². The minimum atomic E-state index is -0.802. The summed E-state index contributed by atoms with van der Waals surface area (Å²) < 4.78 is 15.4. The molecular formula is C23H19ClFN3O2S. The van der Waals surface area contributed by atoms with Crippen molar-refractivity contribution in [3.8, 4) is 5.75 Å². The van der Waals surface area contributed by atoms with Crippen molar-refractivity contribution >= 4 is 52.2 Å². The highest BCUT2D eigenvalue weighted by atomic mass is 35.5. The number of nitrogens with zero attached hydrogens (tertiary/aromatic N) is 1. The number of phenolic OH excluding ortho intramolecular Hbond substituents is 1. The molecule has 8 heteroatoms. The summed E-state index contributed by atoms with van der Waals surface area (Å²) in [6.45, 7) is 4.39. The molecule has 0 atom stereocenters. The van der Waals surface area contributed by atoms with Gasteiger partial charge in [-0.3, -0.25) is 10.2 Å². The van der Waals surface area contributed by atoms with Gasteiger partial charge >= 0.3 is 0 Å². The summed E-state index contributed by atoms with van der Waals surface area (Å²) in [6.07, 6.45) is 2.74. The van der Waals surface area contributed by atoms with Gasteiger partial charge in [0.15, 0.2) is 5.83 Å². The number of phenols is 1. The number of thiol groups is 1. The minimum Gasteiger partial charge on any atom is -0.508 e. The van der Waals surface area contributed by atoms with Crippen molar-refractivity contribution in [1.29, 1.82) is 5.41 Å². The standard InChI is InChI=1S/C23H19ClFN3O2S/c1-2-19(30)28-10-13(11-28)27-23(31)17-9-18(24)20(21(25)22(17)26)16-8-14(29)7-12-5-3-4-6-15(12)16/h2-9,13,26-27,29,31H,1,10-11H2/b23-17-,26-22?. The Bertz CT molecular complexity index is 1230. The lowest BCUT2D eigenvalue weighted by Crippen LogP contribution is -2.59. The maximum Gasteiger partial charge on any atom is 0.246 e. The largest absolute Gasteiger partial charge is 0.508 e. The summed E-state index contributed by atoms with van der Waals surface area (Å²) in [4.78, 5) is 13.2. The monoisotopic (exact) mass is 455 g/mol. The molecule has 3 N–H and O–H groups in total. The molecule has 0 bridgehead atoms. The topological polar surface area (TPSA) is 76.4 Å². The minimum absolute atomic E-state index is 0.0218. The van der Waals surface area contributed by atoms with E-state index in [0.29, 0.717) is 29.1 Å². The summed E-state index contributed by atoms with van der Waals surface area (Å²) in [5.74, 6) is -0.980. The summed E-state index contributed by atoms with van der Waals surface area (Å²) in [5, 5.41) is 23.4.